The minimum atomic E-state index is 0.487. The summed E-state index contributed by atoms with van der Waals surface area (Å²) < 4.78 is 18.7. The highest BCUT2D eigenvalue weighted by Gasteiger charge is 2.15. The zero-order chi connectivity index (χ0) is 21.1. The fourth-order valence-electron chi connectivity index (χ4n) is 3.03. The van der Waals surface area contributed by atoms with Gasteiger partial charge in [0.25, 0.3) is 0 Å². The number of rotatable bonds is 6. The van der Waals surface area contributed by atoms with Gasteiger partial charge in [0.15, 0.2) is 4.80 Å². The molecule has 0 N–H and O–H groups in total. The number of hydrogen-bond acceptors (Lipinski definition) is 5. The van der Waals surface area contributed by atoms with Crippen molar-refractivity contribution in [2.45, 2.75) is 6.54 Å². The molecule has 0 aliphatic heterocycles. The van der Waals surface area contributed by atoms with Crippen LogP contribution in [-0.2, 0) is 6.54 Å². The van der Waals surface area contributed by atoms with Gasteiger partial charge in [-0.1, -0.05) is 23.2 Å². The van der Waals surface area contributed by atoms with Crippen molar-refractivity contribution in [2.24, 2.45) is 4.99 Å². The van der Waals surface area contributed by atoms with Crippen LogP contribution in [-0.4, -0.2) is 18.8 Å². The number of ether oxygens (including phenoxy) is 2. The molecule has 154 valence electrons. The predicted octanol–water partition coefficient (Wildman–Crippen LogP) is 6.41. The molecule has 5 nitrogen and oxygen atoms in total. The average molecular weight is 461 g/mol. The third-order valence-electron chi connectivity index (χ3n) is 4.50. The average Bonchev–Trinajstić information content (AvgIpc) is 3.40. The maximum absolute atomic E-state index is 6.35. The van der Waals surface area contributed by atoms with Gasteiger partial charge in [-0.15, -0.1) is 11.3 Å². The molecule has 0 spiro atoms. The summed E-state index contributed by atoms with van der Waals surface area (Å²) >= 11 is 13.9. The van der Waals surface area contributed by atoms with Crippen LogP contribution in [0.1, 0.15) is 5.76 Å². The third kappa shape index (κ3) is 4.26. The van der Waals surface area contributed by atoms with Crippen molar-refractivity contribution >= 4 is 40.2 Å². The molecule has 0 bridgehead atoms. The lowest BCUT2D eigenvalue weighted by Crippen LogP contribution is -2.16. The van der Waals surface area contributed by atoms with Crippen molar-refractivity contribution in [1.82, 2.24) is 4.57 Å². The lowest BCUT2D eigenvalue weighted by atomic mass is 10.1. The van der Waals surface area contributed by atoms with Crippen molar-refractivity contribution in [2.75, 3.05) is 14.2 Å². The molecule has 2 aromatic carbocycles. The molecule has 2 aromatic heterocycles. The van der Waals surface area contributed by atoms with Crippen molar-refractivity contribution in [3.63, 3.8) is 0 Å². The van der Waals surface area contributed by atoms with Gasteiger partial charge in [-0.25, -0.2) is 4.99 Å². The van der Waals surface area contributed by atoms with Crippen LogP contribution in [0.25, 0.3) is 11.3 Å². The molecule has 0 saturated heterocycles. The Bertz CT molecular complexity index is 1230. The summed E-state index contributed by atoms with van der Waals surface area (Å²) in [6.07, 6.45) is 1.65. The molecular weight excluding hydrogens is 443 g/mol. The normalized spacial score (nSPS) is 11.7. The molecule has 0 saturated carbocycles. The molecule has 4 aromatic rings. The van der Waals surface area contributed by atoms with Crippen molar-refractivity contribution < 1.29 is 13.9 Å². The smallest absolute Gasteiger partial charge is 0.190 e. The maximum Gasteiger partial charge on any atom is 0.190 e. The largest absolute Gasteiger partial charge is 0.497 e. The van der Waals surface area contributed by atoms with Gasteiger partial charge in [0.05, 0.1) is 43.4 Å². The Morgan fingerprint density at radius 3 is 2.63 bits per heavy atom. The van der Waals surface area contributed by atoms with Crippen molar-refractivity contribution in [3.8, 4) is 22.8 Å². The number of methoxy groups -OCH3 is 2. The Labute approximate surface area is 187 Å². The topological polar surface area (TPSA) is 48.9 Å². The first kappa shape index (κ1) is 20.6. The van der Waals surface area contributed by atoms with E-state index in [0.717, 1.165) is 33.3 Å². The molecular formula is C22H18Cl2N2O3S. The fraction of sp³-hybridized carbons (Fsp3) is 0.136. The first-order valence-corrected chi connectivity index (χ1v) is 10.7. The van der Waals surface area contributed by atoms with E-state index in [-0.39, 0.29) is 0 Å². The van der Waals surface area contributed by atoms with E-state index in [1.54, 1.807) is 38.7 Å². The summed E-state index contributed by atoms with van der Waals surface area (Å²) in [5, 5.41) is 3.08. The zero-order valence-electron chi connectivity index (χ0n) is 16.3. The molecule has 0 fully saturated rings. The van der Waals surface area contributed by atoms with Crippen LogP contribution >= 0.6 is 34.5 Å². The van der Waals surface area contributed by atoms with E-state index < -0.39 is 0 Å². The molecule has 0 aliphatic carbocycles. The van der Waals surface area contributed by atoms with Gasteiger partial charge in [0, 0.05) is 16.0 Å². The summed E-state index contributed by atoms with van der Waals surface area (Å²) in [7, 11) is 3.28. The Kier molecular flexibility index (Phi) is 6.18. The van der Waals surface area contributed by atoms with Crippen LogP contribution in [0.15, 0.2) is 69.6 Å². The maximum atomic E-state index is 6.35. The highest BCUT2D eigenvalue weighted by atomic mass is 35.5. The zero-order valence-corrected chi connectivity index (χ0v) is 18.6. The number of aromatic nitrogens is 1. The molecule has 30 heavy (non-hydrogen) atoms. The van der Waals surface area contributed by atoms with E-state index in [2.05, 4.69) is 4.57 Å². The summed E-state index contributed by atoms with van der Waals surface area (Å²) in [4.78, 5) is 5.54. The summed E-state index contributed by atoms with van der Waals surface area (Å²) in [5.41, 5.74) is 2.46. The van der Waals surface area contributed by atoms with Gasteiger partial charge >= 0.3 is 0 Å². The number of thiazole rings is 1. The first-order chi connectivity index (χ1) is 14.6. The SMILES string of the molecule is COc1ccc(OC)c(-c2csc(=Nc3ccc(Cl)cc3Cl)n2Cc2ccco2)c1. The number of nitrogens with zero attached hydrogens (tertiary/aromatic N) is 2. The van der Waals surface area contributed by atoms with Crippen molar-refractivity contribution in [3.05, 3.63) is 80.8 Å². The Balaban J connectivity index is 1.91. The highest BCUT2D eigenvalue weighted by molar-refractivity contribution is 7.07. The van der Waals surface area contributed by atoms with Crippen molar-refractivity contribution in [1.29, 1.82) is 0 Å². The van der Waals surface area contributed by atoms with Crippen LogP contribution in [0.2, 0.25) is 10.0 Å². The minimum absolute atomic E-state index is 0.487. The molecule has 0 radical (unpaired) electrons. The number of halogens is 2. The van der Waals surface area contributed by atoms with Gasteiger partial charge in [-0.3, -0.25) is 0 Å². The monoisotopic (exact) mass is 460 g/mol. The van der Waals surface area contributed by atoms with E-state index >= 15 is 0 Å². The molecule has 0 amide bonds. The summed E-state index contributed by atoms with van der Waals surface area (Å²) in [6.45, 7) is 0.496. The Morgan fingerprint density at radius 1 is 1.07 bits per heavy atom. The second kappa shape index (κ2) is 9.00. The van der Waals surface area contributed by atoms with Crippen LogP contribution in [0, 0.1) is 0 Å². The second-order valence-corrected chi connectivity index (χ2v) is 8.02. The van der Waals surface area contributed by atoms with Crippen LogP contribution < -0.4 is 14.3 Å². The predicted molar refractivity (Wildman–Crippen MR) is 120 cm³/mol. The quantitative estimate of drug-likeness (QED) is 0.333. The molecule has 0 unspecified atom stereocenters. The van der Waals surface area contributed by atoms with E-state index in [1.807, 2.05) is 35.7 Å². The number of hydrogen-bond donors (Lipinski definition) is 0. The lowest BCUT2D eigenvalue weighted by Gasteiger charge is -2.13. The lowest BCUT2D eigenvalue weighted by molar-refractivity contribution is 0.404. The molecule has 4 rings (SSSR count). The van der Waals surface area contributed by atoms with Gasteiger partial charge < -0.3 is 18.5 Å². The van der Waals surface area contributed by atoms with Gasteiger partial charge in [0.2, 0.25) is 0 Å². The Hall–Kier alpha value is -2.67. The number of benzene rings is 2. The molecule has 0 atom stereocenters. The first-order valence-electron chi connectivity index (χ1n) is 9.02. The second-order valence-electron chi connectivity index (χ2n) is 6.34. The highest BCUT2D eigenvalue weighted by Crippen LogP contribution is 2.34. The standard InChI is InChI=1S/C22H18Cl2N2O3S/c1-27-15-6-8-21(28-2)17(11-15)20-13-30-22(26(20)12-16-4-3-9-29-16)25-19-7-5-14(23)10-18(19)24/h3-11,13H,12H2,1-2H3. The van der Waals surface area contributed by atoms with E-state index in [4.69, 9.17) is 42.1 Å². The molecule has 8 heteroatoms. The molecule has 2 heterocycles. The van der Waals surface area contributed by atoms with Gasteiger partial charge in [-0.2, -0.15) is 0 Å². The van der Waals surface area contributed by atoms with E-state index in [9.17, 15) is 0 Å². The fourth-order valence-corrected chi connectivity index (χ4v) is 4.40. The van der Waals surface area contributed by atoms with E-state index in [0.29, 0.717) is 22.3 Å². The van der Waals surface area contributed by atoms with Crippen LogP contribution in [0.5, 0.6) is 11.5 Å². The van der Waals surface area contributed by atoms with Crippen LogP contribution in [0.4, 0.5) is 5.69 Å². The Morgan fingerprint density at radius 2 is 1.93 bits per heavy atom. The van der Waals surface area contributed by atoms with Gasteiger partial charge in [0.1, 0.15) is 17.3 Å². The minimum Gasteiger partial charge on any atom is -0.497 e. The van der Waals surface area contributed by atoms with E-state index in [1.165, 1.54) is 11.3 Å². The van der Waals surface area contributed by atoms with Gasteiger partial charge in [-0.05, 0) is 48.5 Å². The summed E-state index contributed by atoms with van der Waals surface area (Å²) in [5.74, 6) is 2.28. The number of furan rings is 1. The summed E-state index contributed by atoms with van der Waals surface area (Å²) in [6, 6.07) is 14.7. The third-order valence-corrected chi connectivity index (χ3v) is 5.90. The molecule has 0 aliphatic rings. The van der Waals surface area contributed by atoms with Crippen LogP contribution in [0.3, 0.4) is 0 Å².